The summed E-state index contributed by atoms with van der Waals surface area (Å²) < 4.78 is 11.5. The molecule has 1 spiro atoms. The number of nitrogens with zero attached hydrogens (tertiary/aromatic N) is 3. The number of carbonyl (C=O) groups is 2. The zero-order valence-electron chi connectivity index (χ0n) is 18.6. The number of rotatable bonds is 6. The summed E-state index contributed by atoms with van der Waals surface area (Å²) in [4.78, 5) is 36.6. The molecule has 2 amide bonds. The lowest BCUT2D eigenvalue weighted by Gasteiger charge is -2.29. The quantitative estimate of drug-likeness (QED) is 0.559. The minimum atomic E-state index is -0.832. The molecule has 2 aromatic carbocycles. The van der Waals surface area contributed by atoms with E-state index < -0.39 is 11.7 Å². The molecule has 0 aliphatic carbocycles. The normalized spacial score (nSPS) is 21.1. The number of halogens is 1. The van der Waals surface area contributed by atoms with Gasteiger partial charge in [-0.25, -0.2) is 9.78 Å². The molecule has 0 saturated carbocycles. The molecule has 2 fully saturated rings. The summed E-state index contributed by atoms with van der Waals surface area (Å²) in [7, 11) is 0. The molecule has 3 heterocycles. The van der Waals surface area contributed by atoms with E-state index in [0.717, 1.165) is 16.9 Å². The van der Waals surface area contributed by atoms with Crippen molar-refractivity contribution in [1.82, 2.24) is 20.2 Å². The first-order valence-electron chi connectivity index (χ1n) is 11.3. The minimum absolute atomic E-state index is 0.0907. The maximum Gasteiger partial charge on any atom is 0.415 e. The number of imidazole rings is 1. The average Bonchev–Trinajstić information content (AvgIpc) is 3.31. The molecule has 10 heteroatoms. The van der Waals surface area contributed by atoms with E-state index in [1.165, 1.54) is 0 Å². The van der Waals surface area contributed by atoms with Gasteiger partial charge in [0.1, 0.15) is 5.82 Å². The predicted molar refractivity (Wildman–Crippen MR) is 128 cm³/mol. The second-order valence-corrected chi connectivity index (χ2v) is 9.11. The van der Waals surface area contributed by atoms with Crippen LogP contribution in [-0.4, -0.2) is 78.4 Å². The number of aromatic amines is 1. The number of anilines is 1. The lowest BCUT2D eigenvalue weighted by Crippen LogP contribution is -2.50. The summed E-state index contributed by atoms with van der Waals surface area (Å²) in [6.07, 6.45) is 0.185. The lowest BCUT2D eigenvalue weighted by atomic mass is 10.0. The Hall–Kier alpha value is -3.14. The summed E-state index contributed by atoms with van der Waals surface area (Å²) >= 11 is 5.97. The van der Waals surface area contributed by atoms with E-state index >= 15 is 0 Å². The number of carbonyl (C=O) groups excluding carboxylic acids is 2. The number of para-hydroxylation sites is 2. The van der Waals surface area contributed by atoms with Gasteiger partial charge in [0.05, 0.1) is 37.3 Å². The molecule has 2 saturated heterocycles. The van der Waals surface area contributed by atoms with Crippen LogP contribution < -0.4 is 10.2 Å². The first-order valence-corrected chi connectivity index (χ1v) is 11.6. The van der Waals surface area contributed by atoms with Gasteiger partial charge in [-0.2, -0.15) is 0 Å². The Kier molecular flexibility index (Phi) is 6.40. The molecule has 9 nitrogen and oxygen atoms in total. The topological polar surface area (TPSA) is 99.8 Å². The molecule has 34 heavy (non-hydrogen) atoms. The van der Waals surface area contributed by atoms with Gasteiger partial charge in [0, 0.05) is 36.8 Å². The van der Waals surface area contributed by atoms with Crippen molar-refractivity contribution >= 4 is 40.3 Å². The van der Waals surface area contributed by atoms with Crippen LogP contribution in [0.5, 0.6) is 0 Å². The molecule has 1 atom stereocenters. The smallest absolute Gasteiger partial charge is 0.415 e. The zero-order chi connectivity index (χ0) is 23.5. The molecule has 0 radical (unpaired) electrons. The highest BCUT2D eigenvalue weighted by molar-refractivity contribution is 6.30. The van der Waals surface area contributed by atoms with Crippen LogP contribution in [0, 0.1) is 0 Å². The Bertz CT molecular complexity index is 1150. The van der Waals surface area contributed by atoms with E-state index in [0.29, 0.717) is 49.9 Å². The standard InChI is InChI=1S/C24H26ClN5O4/c25-17-5-7-18(8-6-17)30-15-24(34-23(30)32)14-29(11-12-33-16-24)13-22(31)26-10-9-21-27-19-3-1-2-4-20(19)28-21/h1-8H,9-16H2,(H,26,31)(H,27,28). The van der Waals surface area contributed by atoms with Crippen LogP contribution >= 0.6 is 11.6 Å². The van der Waals surface area contributed by atoms with Gasteiger partial charge in [0.15, 0.2) is 5.60 Å². The van der Waals surface area contributed by atoms with Crippen LogP contribution in [-0.2, 0) is 20.7 Å². The van der Waals surface area contributed by atoms with Gasteiger partial charge < -0.3 is 19.8 Å². The molecule has 1 aromatic heterocycles. The van der Waals surface area contributed by atoms with Crippen molar-refractivity contribution in [3.8, 4) is 0 Å². The second-order valence-electron chi connectivity index (χ2n) is 8.68. The number of hydrogen-bond acceptors (Lipinski definition) is 6. The van der Waals surface area contributed by atoms with Crippen molar-refractivity contribution in [2.75, 3.05) is 50.8 Å². The molecule has 0 bridgehead atoms. The summed E-state index contributed by atoms with van der Waals surface area (Å²) in [5.41, 5.74) is 1.78. The molecule has 1 unspecified atom stereocenters. The van der Waals surface area contributed by atoms with E-state index in [2.05, 4.69) is 15.3 Å². The third-order valence-corrected chi connectivity index (χ3v) is 6.28. The number of amides is 2. The Balaban J connectivity index is 1.16. The van der Waals surface area contributed by atoms with Gasteiger partial charge in [0.25, 0.3) is 0 Å². The molecular formula is C24H26ClN5O4. The van der Waals surface area contributed by atoms with Crippen molar-refractivity contribution < 1.29 is 19.1 Å². The van der Waals surface area contributed by atoms with Crippen molar-refractivity contribution in [1.29, 1.82) is 0 Å². The fourth-order valence-electron chi connectivity index (χ4n) is 4.42. The van der Waals surface area contributed by atoms with Crippen LogP contribution in [0.1, 0.15) is 5.82 Å². The van der Waals surface area contributed by atoms with Crippen LogP contribution in [0.15, 0.2) is 48.5 Å². The van der Waals surface area contributed by atoms with E-state index in [9.17, 15) is 9.59 Å². The highest BCUT2D eigenvalue weighted by Crippen LogP contribution is 2.31. The van der Waals surface area contributed by atoms with Gasteiger partial charge in [-0.1, -0.05) is 23.7 Å². The third kappa shape index (κ3) is 5.01. The Morgan fingerprint density at radius 1 is 1.18 bits per heavy atom. The number of H-pyrrole nitrogens is 1. The molecule has 2 aliphatic rings. The highest BCUT2D eigenvalue weighted by atomic mass is 35.5. The molecular weight excluding hydrogens is 458 g/mol. The Labute approximate surface area is 202 Å². The molecule has 178 valence electrons. The SMILES string of the molecule is O=C(CN1CCOCC2(C1)CN(c1ccc(Cl)cc1)C(=O)O2)NCCc1nc2ccccc2[nH]1. The zero-order valence-corrected chi connectivity index (χ0v) is 19.4. The van der Waals surface area contributed by atoms with Crippen LogP contribution in [0.25, 0.3) is 11.0 Å². The first kappa shape index (κ1) is 22.6. The van der Waals surface area contributed by atoms with Crippen LogP contribution in [0.3, 0.4) is 0 Å². The van der Waals surface area contributed by atoms with Gasteiger partial charge in [-0.05, 0) is 36.4 Å². The van der Waals surface area contributed by atoms with E-state index in [1.807, 2.05) is 29.2 Å². The van der Waals surface area contributed by atoms with Gasteiger partial charge >= 0.3 is 6.09 Å². The van der Waals surface area contributed by atoms with Crippen molar-refractivity contribution in [2.45, 2.75) is 12.0 Å². The van der Waals surface area contributed by atoms with E-state index in [1.54, 1.807) is 29.2 Å². The van der Waals surface area contributed by atoms with E-state index in [-0.39, 0.29) is 19.1 Å². The maximum absolute atomic E-state index is 12.6. The number of fused-ring (bicyclic) bond motifs is 1. The minimum Gasteiger partial charge on any atom is -0.437 e. The molecule has 5 rings (SSSR count). The number of ether oxygens (including phenoxy) is 2. The van der Waals surface area contributed by atoms with Crippen molar-refractivity contribution in [3.63, 3.8) is 0 Å². The lowest BCUT2D eigenvalue weighted by molar-refractivity contribution is -0.122. The highest BCUT2D eigenvalue weighted by Gasteiger charge is 2.48. The molecule has 2 N–H and O–H groups in total. The molecule has 3 aromatic rings. The number of hydrogen-bond donors (Lipinski definition) is 2. The Morgan fingerprint density at radius 3 is 2.82 bits per heavy atom. The largest absolute Gasteiger partial charge is 0.437 e. The summed E-state index contributed by atoms with van der Waals surface area (Å²) in [6.45, 7) is 2.77. The summed E-state index contributed by atoms with van der Waals surface area (Å²) in [5.74, 6) is 0.746. The average molecular weight is 484 g/mol. The molecule has 2 aliphatic heterocycles. The van der Waals surface area contributed by atoms with Gasteiger partial charge in [0.2, 0.25) is 5.91 Å². The van der Waals surface area contributed by atoms with Gasteiger partial charge in [-0.15, -0.1) is 0 Å². The fraction of sp³-hybridized carbons (Fsp3) is 0.375. The summed E-state index contributed by atoms with van der Waals surface area (Å²) in [6, 6.07) is 14.9. The summed E-state index contributed by atoms with van der Waals surface area (Å²) in [5, 5.41) is 3.56. The maximum atomic E-state index is 12.6. The number of benzene rings is 2. The third-order valence-electron chi connectivity index (χ3n) is 6.03. The predicted octanol–water partition coefficient (Wildman–Crippen LogP) is 2.60. The van der Waals surface area contributed by atoms with Crippen molar-refractivity contribution in [3.05, 3.63) is 59.4 Å². The van der Waals surface area contributed by atoms with Crippen LogP contribution in [0.4, 0.5) is 10.5 Å². The monoisotopic (exact) mass is 483 g/mol. The van der Waals surface area contributed by atoms with E-state index in [4.69, 9.17) is 21.1 Å². The van der Waals surface area contributed by atoms with Crippen LogP contribution in [0.2, 0.25) is 5.02 Å². The fourth-order valence-corrected chi connectivity index (χ4v) is 4.55. The van der Waals surface area contributed by atoms with Gasteiger partial charge in [-0.3, -0.25) is 14.6 Å². The number of aromatic nitrogens is 2. The van der Waals surface area contributed by atoms with Crippen molar-refractivity contribution in [2.24, 2.45) is 0 Å². The first-order chi connectivity index (χ1) is 16.5. The second kappa shape index (κ2) is 9.61. The number of nitrogens with one attached hydrogen (secondary N) is 2. The Morgan fingerprint density at radius 2 is 2.00 bits per heavy atom.